The average Bonchev–Trinajstić information content (AvgIpc) is 2.32. The first kappa shape index (κ1) is 11.7. The van der Waals surface area contributed by atoms with E-state index in [-0.39, 0.29) is 5.91 Å². The number of benzene rings is 2. The van der Waals surface area contributed by atoms with Crippen LogP contribution in [-0.4, -0.2) is 5.91 Å². The molecule has 0 bridgehead atoms. The zero-order valence-corrected chi connectivity index (χ0v) is 10.6. The lowest BCUT2D eigenvalue weighted by Gasteiger charge is -2.05. The molecular formula is C13H11BrN2O. The SMILES string of the molecule is Nc1ccc(NC(=O)c2cccc(Br)c2)cc1. The average molecular weight is 291 g/mol. The lowest BCUT2D eigenvalue weighted by Crippen LogP contribution is -2.11. The van der Waals surface area contributed by atoms with Gasteiger partial charge in [0.2, 0.25) is 0 Å². The number of nitrogen functional groups attached to an aromatic ring is 1. The summed E-state index contributed by atoms with van der Waals surface area (Å²) in [6.07, 6.45) is 0. The summed E-state index contributed by atoms with van der Waals surface area (Å²) < 4.78 is 0.877. The van der Waals surface area contributed by atoms with Crippen LogP contribution in [0.4, 0.5) is 11.4 Å². The molecule has 4 heteroatoms. The van der Waals surface area contributed by atoms with Crippen molar-refractivity contribution in [3.05, 3.63) is 58.6 Å². The van der Waals surface area contributed by atoms with Crippen LogP contribution in [0.1, 0.15) is 10.4 Å². The van der Waals surface area contributed by atoms with Crippen molar-refractivity contribution in [3.8, 4) is 0 Å². The number of halogens is 1. The molecule has 2 aromatic carbocycles. The molecule has 2 rings (SSSR count). The van der Waals surface area contributed by atoms with E-state index in [2.05, 4.69) is 21.2 Å². The predicted molar refractivity (Wildman–Crippen MR) is 72.9 cm³/mol. The Kier molecular flexibility index (Phi) is 3.44. The molecule has 0 spiro atoms. The van der Waals surface area contributed by atoms with Gasteiger partial charge in [0.25, 0.3) is 5.91 Å². The molecule has 0 fully saturated rings. The zero-order chi connectivity index (χ0) is 12.3. The summed E-state index contributed by atoms with van der Waals surface area (Å²) in [5.74, 6) is -0.143. The second kappa shape index (κ2) is 5.01. The molecule has 0 aliphatic heterocycles. The number of nitrogens with two attached hydrogens (primary N) is 1. The first-order chi connectivity index (χ1) is 8.15. The Morgan fingerprint density at radius 2 is 1.82 bits per heavy atom. The quantitative estimate of drug-likeness (QED) is 0.834. The second-order valence-corrected chi connectivity index (χ2v) is 4.50. The van der Waals surface area contributed by atoms with E-state index in [0.717, 1.165) is 10.2 Å². The third kappa shape index (κ3) is 3.07. The van der Waals surface area contributed by atoms with Gasteiger partial charge in [0.15, 0.2) is 0 Å². The molecule has 0 unspecified atom stereocenters. The molecule has 0 aliphatic carbocycles. The fourth-order valence-electron chi connectivity index (χ4n) is 1.40. The van der Waals surface area contributed by atoms with Gasteiger partial charge < -0.3 is 11.1 Å². The Bertz CT molecular complexity index is 537. The van der Waals surface area contributed by atoms with Crippen molar-refractivity contribution in [3.63, 3.8) is 0 Å². The number of carbonyl (C=O) groups is 1. The molecule has 0 radical (unpaired) electrons. The Hall–Kier alpha value is -1.81. The van der Waals surface area contributed by atoms with Crippen LogP contribution in [-0.2, 0) is 0 Å². The van der Waals surface area contributed by atoms with Crippen LogP contribution in [0.3, 0.4) is 0 Å². The van der Waals surface area contributed by atoms with Gasteiger partial charge in [-0.2, -0.15) is 0 Å². The summed E-state index contributed by atoms with van der Waals surface area (Å²) >= 11 is 3.33. The third-order valence-electron chi connectivity index (χ3n) is 2.26. The maximum atomic E-state index is 11.9. The molecule has 0 heterocycles. The summed E-state index contributed by atoms with van der Waals surface area (Å²) in [5, 5.41) is 2.80. The lowest BCUT2D eigenvalue weighted by atomic mass is 10.2. The van der Waals surface area contributed by atoms with Crippen molar-refractivity contribution >= 4 is 33.2 Å². The summed E-state index contributed by atoms with van der Waals surface area (Å²) in [5.41, 5.74) is 7.57. The van der Waals surface area contributed by atoms with Crippen LogP contribution in [0.2, 0.25) is 0 Å². The van der Waals surface area contributed by atoms with Crippen LogP contribution in [0.25, 0.3) is 0 Å². The van der Waals surface area contributed by atoms with E-state index in [0.29, 0.717) is 11.3 Å². The molecule has 86 valence electrons. The van der Waals surface area contributed by atoms with Gasteiger partial charge in [-0.3, -0.25) is 4.79 Å². The molecule has 0 atom stereocenters. The van der Waals surface area contributed by atoms with E-state index in [1.165, 1.54) is 0 Å². The van der Waals surface area contributed by atoms with E-state index in [1.807, 2.05) is 12.1 Å². The smallest absolute Gasteiger partial charge is 0.255 e. The van der Waals surface area contributed by atoms with Crippen LogP contribution in [0.15, 0.2) is 53.0 Å². The minimum atomic E-state index is -0.143. The predicted octanol–water partition coefficient (Wildman–Crippen LogP) is 3.28. The zero-order valence-electron chi connectivity index (χ0n) is 8.98. The fourth-order valence-corrected chi connectivity index (χ4v) is 1.80. The van der Waals surface area contributed by atoms with Gasteiger partial charge in [0.05, 0.1) is 0 Å². The van der Waals surface area contributed by atoms with Crippen molar-refractivity contribution < 1.29 is 4.79 Å². The van der Waals surface area contributed by atoms with Gasteiger partial charge >= 0.3 is 0 Å². The highest BCUT2D eigenvalue weighted by Crippen LogP contribution is 2.15. The van der Waals surface area contributed by atoms with Gasteiger partial charge in [-0.15, -0.1) is 0 Å². The summed E-state index contributed by atoms with van der Waals surface area (Å²) in [7, 11) is 0. The Morgan fingerprint density at radius 1 is 1.12 bits per heavy atom. The van der Waals surface area contributed by atoms with Gasteiger partial charge in [-0.1, -0.05) is 22.0 Å². The molecule has 3 nitrogen and oxygen atoms in total. The first-order valence-electron chi connectivity index (χ1n) is 5.07. The lowest BCUT2D eigenvalue weighted by molar-refractivity contribution is 0.102. The minimum Gasteiger partial charge on any atom is -0.399 e. The van der Waals surface area contributed by atoms with Crippen LogP contribution >= 0.6 is 15.9 Å². The highest BCUT2D eigenvalue weighted by Gasteiger charge is 2.05. The molecule has 1 amide bonds. The Morgan fingerprint density at radius 3 is 2.47 bits per heavy atom. The van der Waals surface area contributed by atoms with E-state index >= 15 is 0 Å². The molecule has 0 saturated carbocycles. The number of hydrogen-bond donors (Lipinski definition) is 2. The van der Waals surface area contributed by atoms with Crippen molar-refractivity contribution in [2.45, 2.75) is 0 Å². The first-order valence-corrected chi connectivity index (χ1v) is 5.87. The topological polar surface area (TPSA) is 55.1 Å². The van der Waals surface area contributed by atoms with Crippen molar-refractivity contribution in [1.29, 1.82) is 0 Å². The van der Waals surface area contributed by atoms with Crippen molar-refractivity contribution in [1.82, 2.24) is 0 Å². The third-order valence-corrected chi connectivity index (χ3v) is 2.75. The summed E-state index contributed by atoms with van der Waals surface area (Å²) in [6, 6.07) is 14.3. The van der Waals surface area contributed by atoms with Gasteiger partial charge in [0, 0.05) is 21.4 Å². The number of hydrogen-bond acceptors (Lipinski definition) is 2. The normalized spacial score (nSPS) is 9.94. The maximum Gasteiger partial charge on any atom is 0.255 e. The molecule has 17 heavy (non-hydrogen) atoms. The Labute approximate surface area is 108 Å². The van der Waals surface area contributed by atoms with Crippen LogP contribution in [0, 0.1) is 0 Å². The standard InChI is InChI=1S/C13H11BrN2O/c14-10-3-1-2-9(8-10)13(17)16-12-6-4-11(15)5-7-12/h1-8H,15H2,(H,16,17). The molecule has 0 aromatic heterocycles. The maximum absolute atomic E-state index is 11.9. The number of carbonyl (C=O) groups excluding carboxylic acids is 1. The summed E-state index contributed by atoms with van der Waals surface area (Å²) in [6.45, 7) is 0. The van der Waals surface area contributed by atoms with Crippen molar-refractivity contribution in [2.75, 3.05) is 11.1 Å². The highest BCUT2D eigenvalue weighted by molar-refractivity contribution is 9.10. The number of nitrogens with one attached hydrogen (secondary N) is 1. The molecule has 0 saturated heterocycles. The van der Waals surface area contributed by atoms with Gasteiger partial charge in [-0.25, -0.2) is 0 Å². The Balaban J connectivity index is 2.14. The van der Waals surface area contributed by atoms with E-state index in [4.69, 9.17) is 5.73 Å². The number of anilines is 2. The van der Waals surface area contributed by atoms with E-state index < -0.39 is 0 Å². The van der Waals surface area contributed by atoms with Gasteiger partial charge in [-0.05, 0) is 42.5 Å². The van der Waals surface area contributed by atoms with E-state index in [1.54, 1.807) is 36.4 Å². The van der Waals surface area contributed by atoms with Crippen LogP contribution in [0.5, 0.6) is 0 Å². The second-order valence-electron chi connectivity index (χ2n) is 3.59. The largest absolute Gasteiger partial charge is 0.399 e. The number of rotatable bonds is 2. The summed E-state index contributed by atoms with van der Waals surface area (Å²) in [4.78, 5) is 11.9. The molecule has 0 aliphatic rings. The monoisotopic (exact) mass is 290 g/mol. The fraction of sp³-hybridized carbons (Fsp3) is 0. The van der Waals surface area contributed by atoms with Gasteiger partial charge in [0.1, 0.15) is 0 Å². The molecule has 2 aromatic rings. The number of amides is 1. The highest BCUT2D eigenvalue weighted by atomic mass is 79.9. The minimum absolute atomic E-state index is 0.143. The molecule has 3 N–H and O–H groups in total. The van der Waals surface area contributed by atoms with E-state index in [9.17, 15) is 4.79 Å². The van der Waals surface area contributed by atoms with Crippen LogP contribution < -0.4 is 11.1 Å². The molecular weight excluding hydrogens is 280 g/mol. The van der Waals surface area contributed by atoms with Crippen molar-refractivity contribution in [2.24, 2.45) is 0 Å².